The molecule has 0 saturated carbocycles. The summed E-state index contributed by atoms with van der Waals surface area (Å²) < 4.78 is 11.0. The van der Waals surface area contributed by atoms with E-state index in [9.17, 15) is 9.59 Å². The first-order valence-corrected chi connectivity index (χ1v) is 8.50. The molecule has 1 aromatic heterocycles. The molecule has 1 saturated heterocycles. The summed E-state index contributed by atoms with van der Waals surface area (Å²) in [7, 11) is 0. The van der Waals surface area contributed by atoms with Crippen LogP contribution in [0.5, 0.6) is 0 Å². The van der Waals surface area contributed by atoms with E-state index in [0.29, 0.717) is 30.5 Å². The van der Waals surface area contributed by atoms with Crippen molar-refractivity contribution >= 4 is 40.4 Å². The topological polar surface area (TPSA) is 93.7 Å². The monoisotopic (exact) mass is 374 g/mol. The number of fused-ring (bicyclic) bond motifs is 1. The Morgan fingerprint density at radius 1 is 1.08 bits per heavy atom. The summed E-state index contributed by atoms with van der Waals surface area (Å²) in [6, 6.07) is 7.28. The second-order valence-corrected chi connectivity index (χ2v) is 6.25. The molecule has 9 heteroatoms. The molecule has 2 aliphatic rings. The van der Waals surface area contributed by atoms with Crippen LogP contribution in [-0.2, 0) is 19.1 Å². The first kappa shape index (κ1) is 16.7. The minimum absolute atomic E-state index is 0.0804. The molecule has 3 heterocycles. The molecule has 2 aromatic rings. The summed E-state index contributed by atoms with van der Waals surface area (Å²) in [5.41, 5.74) is 1.27. The molecule has 0 radical (unpaired) electrons. The number of hydrogen-bond donors (Lipinski definition) is 1. The summed E-state index contributed by atoms with van der Waals surface area (Å²) in [6.07, 6.45) is 2.77. The third-order valence-electron chi connectivity index (χ3n) is 4.14. The maximum atomic E-state index is 12.0. The Hall–Kier alpha value is -2.71. The lowest BCUT2D eigenvalue weighted by atomic mass is 10.3. The smallest absolute Gasteiger partial charge is 0.357 e. The van der Waals surface area contributed by atoms with Crippen molar-refractivity contribution in [2.24, 2.45) is 0 Å². The maximum absolute atomic E-state index is 12.0. The van der Waals surface area contributed by atoms with Crippen LogP contribution in [0.1, 0.15) is 6.42 Å². The quantitative estimate of drug-likeness (QED) is 0.748. The van der Waals surface area contributed by atoms with E-state index < -0.39 is 17.8 Å². The third-order valence-corrected chi connectivity index (χ3v) is 4.39. The number of hydrogen-bond acceptors (Lipinski definition) is 8. The summed E-state index contributed by atoms with van der Waals surface area (Å²) in [5.74, 6) is -2.77. The van der Waals surface area contributed by atoms with Crippen LogP contribution in [0.25, 0.3) is 11.0 Å². The first-order chi connectivity index (χ1) is 12.6. The Bertz CT molecular complexity index is 897. The second-order valence-electron chi connectivity index (χ2n) is 5.90. The van der Waals surface area contributed by atoms with Gasteiger partial charge >= 0.3 is 17.8 Å². The molecule has 26 heavy (non-hydrogen) atoms. The van der Waals surface area contributed by atoms with Crippen LogP contribution in [0.3, 0.4) is 0 Å². The fourth-order valence-electron chi connectivity index (χ4n) is 3.00. The fraction of sp³-hybridized carbons (Fsp3) is 0.294. The van der Waals surface area contributed by atoms with Gasteiger partial charge in [-0.3, -0.25) is 4.90 Å². The normalized spacial score (nSPS) is 19.8. The van der Waals surface area contributed by atoms with E-state index in [4.69, 9.17) is 21.1 Å². The van der Waals surface area contributed by atoms with Crippen LogP contribution in [0.4, 0.5) is 5.82 Å². The molecule has 1 N–H and O–H groups in total. The van der Waals surface area contributed by atoms with Crippen LogP contribution < -0.4 is 10.2 Å². The van der Waals surface area contributed by atoms with Crippen molar-refractivity contribution in [2.75, 3.05) is 24.5 Å². The van der Waals surface area contributed by atoms with Gasteiger partial charge in [0.05, 0.1) is 17.6 Å². The van der Waals surface area contributed by atoms with Crippen LogP contribution >= 0.6 is 11.6 Å². The number of aromatic nitrogens is 2. The number of ether oxygens (including phenoxy) is 2. The zero-order chi connectivity index (χ0) is 18.1. The molecule has 1 spiro atoms. The van der Waals surface area contributed by atoms with Crippen LogP contribution in [0, 0.1) is 0 Å². The van der Waals surface area contributed by atoms with Crippen molar-refractivity contribution < 1.29 is 19.1 Å². The lowest BCUT2D eigenvalue weighted by Gasteiger charge is -2.39. The summed E-state index contributed by atoms with van der Waals surface area (Å²) in [6.45, 7) is 1.14. The van der Waals surface area contributed by atoms with Gasteiger partial charge in [-0.15, -0.1) is 0 Å². The lowest BCUT2D eigenvalue weighted by molar-refractivity contribution is -0.217. The molecule has 2 aliphatic heterocycles. The molecular weight excluding hydrogens is 360 g/mol. The van der Waals surface area contributed by atoms with Gasteiger partial charge in [-0.05, 0) is 25.1 Å². The highest BCUT2D eigenvalue weighted by molar-refractivity contribution is 6.32. The average molecular weight is 375 g/mol. The van der Waals surface area contributed by atoms with E-state index in [-0.39, 0.29) is 17.5 Å². The zero-order valence-electron chi connectivity index (χ0n) is 13.6. The predicted octanol–water partition coefficient (Wildman–Crippen LogP) is 1.39. The van der Waals surface area contributed by atoms with Gasteiger partial charge in [0, 0.05) is 18.7 Å². The van der Waals surface area contributed by atoms with Crippen molar-refractivity contribution in [1.82, 2.24) is 15.3 Å². The van der Waals surface area contributed by atoms with E-state index in [1.807, 2.05) is 12.1 Å². The molecule has 0 unspecified atom stereocenters. The molecule has 1 fully saturated rings. The number of para-hydroxylation sites is 2. The highest BCUT2D eigenvalue weighted by Gasteiger charge is 2.48. The van der Waals surface area contributed by atoms with E-state index in [2.05, 4.69) is 15.3 Å². The molecule has 0 aliphatic carbocycles. The number of anilines is 1. The van der Waals surface area contributed by atoms with Crippen molar-refractivity contribution in [1.29, 1.82) is 0 Å². The Morgan fingerprint density at radius 3 is 2.42 bits per heavy atom. The molecule has 1 aromatic carbocycles. The standard InChI is InChI=1S/C17H15ClN4O4/c18-15-16(21-12-5-2-1-4-11(12)20-15)22-9-3-8-19-10-17(22)25-13(23)6-7-14(24)26-17/h1-2,4-7,19H,3,8-10H2. The number of esters is 2. The van der Waals surface area contributed by atoms with Crippen molar-refractivity contribution in [3.05, 3.63) is 41.6 Å². The Balaban J connectivity index is 1.85. The van der Waals surface area contributed by atoms with Crippen LogP contribution in [0.2, 0.25) is 5.15 Å². The van der Waals surface area contributed by atoms with Gasteiger partial charge < -0.3 is 14.8 Å². The van der Waals surface area contributed by atoms with Gasteiger partial charge in [-0.2, -0.15) is 0 Å². The Kier molecular flexibility index (Phi) is 4.21. The third kappa shape index (κ3) is 2.97. The fourth-order valence-corrected chi connectivity index (χ4v) is 3.24. The zero-order valence-corrected chi connectivity index (χ0v) is 14.4. The molecule has 0 amide bonds. The molecular formula is C17H15ClN4O4. The van der Waals surface area contributed by atoms with Gasteiger partial charge in [0.2, 0.25) is 0 Å². The van der Waals surface area contributed by atoms with Gasteiger partial charge in [0.1, 0.15) is 0 Å². The number of halogens is 1. The molecule has 0 atom stereocenters. The van der Waals surface area contributed by atoms with E-state index in [0.717, 1.165) is 12.2 Å². The van der Waals surface area contributed by atoms with Crippen LogP contribution in [-0.4, -0.2) is 47.5 Å². The maximum Gasteiger partial charge on any atom is 0.357 e. The van der Waals surface area contributed by atoms with Gasteiger partial charge in [-0.1, -0.05) is 23.7 Å². The van der Waals surface area contributed by atoms with E-state index >= 15 is 0 Å². The minimum atomic E-state index is -1.69. The molecule has 4 rings (SSSR count). The highest BCUT2D eigenvalue weighted by atomic mass is 35.5. The van der Waals surface area contributed by atoms with Crippen molar-refractivity contribution in [3.63, 3.8) is 0 Å². The van der Waals surface area contributed by atoms with Gasteiger partial charge in [-0.25, -0.2) is 19.6 Å². The van der Waals surface area contributed by atoms with E-state index in [1.165, 1.54) is 0 Å². The summed E-state index contributed by atoms with van der Waals surface area (Å²) in [4.78, 5) is 34.6. The number of nitrogens with one attached hydrogen (secondary N) is 1. The SMILES string of the molecule is O=C1C=CC(=O)OC2(CNCCCN2c2nc3ccccc3nc2Cl)O1. The number of carbonyl (C=O) groups is 2. The van der Waals surface area contributed by atoms with E-state index in [1.54, 1.807) is 17.0 Å². The number of nitrogens with zero attached hydrogens (tertiary/aromatic N) is 3. The number of carbonyl (C=O) groups excluding carboxylic acids is 2. The molecule has 8 nitrogen and oxygen atoms in total. The van der Waals surface area contributed by atoms with Crippen molar-refractivity contribution in [2.45, 2.75) is 12.3 Å². The van der Waals surface area contributed by atoms with Gasteiger partial charge in [0.15, 0.2) is 11.0 Å². The lowest BCUT2D eigenvalue weighted by Crippen LogP contribution is -2.59. The molecule has 134 valence electrons. The Morgan fingerprint density at radius 2 is 1.73 bits per heavy atom. The highest BCUT2D eigenvalue weighted by Crippen LogP contribution is 2.33. The minimum Gasteiger partial charge on any atom is -0.399 e. The summed E-state index contributed by atoms with van der Waals surface area (Å²) >= 11 is 6.37. The second kappa shape index (κ2) is 6.54. The summed E-state index contributed by atoms with van der Waals surface area (Å²) in [5, 5.41) is 3.25. The first-order valence-electron chi connectivity index (χ1n) is 8.12. The van der Waals surface area contributed by atoms with Crippen LogP contribution in [0.15, 0.2) is 36.4 Å². The Labute approximate surface area is 153 Å². The number of benzene rings is 1. The van der Waals surface area contributed by atoms with Crippen molar-refractivity contribution in [3.8, 4) is 0 Å². The average Bonchev–Trinajstić information content (AvgIpc) is 2.90. The largest absolute Gasteiger partial charge is 0.399 e. The molecule has 0 bridgehead atoms. The predicted molar refractivity (Wildman–Crippen MR) is 93.4 cm³/mol. The van der Waals surface area contributed by atoms with Gasteiger partial charge in [0.25, 0.3) is 0 Å². The number of rotatable bonds is 1.